The van der Waals surface area contributed by atoms with Crippen molar-refractivity contribution >= 4 is 34.3 Å². The van der Waals surface area contributed by atoms with Crippen LogP contribution in [0, 0.1) is 0 Å². The van der Waals surface area contributed by atoms with E-state index in [1.54, 1.807) is 12.1 Å². The Bertz CT molecular complexity index is 1760. The molecule has 0 aliphatic carbocycles. The first kappa shape index (κ1) is 30.3. The molecule has 2 aromatic heterocycles. The topological polar surface area (TPSA) is 118 Å². The van der Waals surface area contributed by atoms with Crippen LogP contribution in [0.3, 0.4) is 0 Å². The minimum Gasteiger partial charge on any atom is -0.494 e. The Morgan fingerprint density at radius 3 is 2.58 bits per heavy atom. The van der Waals surface area contributed by atoms with Crippen LogP contribution in [0.25, 0.3) is 10.9 Å². The third-order valence-corrected chi connectivity index (χ3v) is 8.29. The molecule has 2 saturated heterocycles. The molecule has 2 aromatic carbocycles. The van der Waals surface area contributed by atoms with Crippen LogP contribution in [-0.2, 0) is 22.3 Å². The van der Waals surface area contributed by atoms with E-state index in [0.29, 0.717) is 29.8 Å². The number of rotatable bonds is 7. The number of piperidine rings is 2. The highest BCUT2D eigenvalue weighted by Crippen LogP contribution is 2.33. The highest BCUT2D eigenvalue weighted by Gasteiger charge is 2.33. The van der Waals surface area contributed by atoms with Crippen molar-refractivity contribution in [2.45, 2.75) is 50.4 Å². The van der Waals surface area contributed by atoms with E-state index in [0.717, 1.165) is 61.1 Å². The lowest BCUT2D eigenvalue weighted by Gasteiger charge is -2.32. The van der Waals surface area contributed by atoms with Gasteiger partial charge in [-0.15, -0.1) is 0 Å². The predicted octanol–water partition coefficient (Wildman–Crippen LogP) is 5.07. The summed E-state index contributed by atoms with van der Waals surface area (Å²) in [6.07, 6.45) is -0.177. The summed E-state index contributed by atoms with van der Waals surface area (Å²) >= 11 is 0. The van der Waals surface area contributed by atoms with Crippen LogP contribution in [-0.4, -0.2) is 57.6 Å². The SMILES string of the molecule is COc1cc2nn(C3CCN(Cc4cccc(C5CCC(=O)NC5=O)c4)CC3)cc2cc1NC(=O)c1cccc(C(F)(F)F)n1. The van der Waals surface area contributed by atoms with Gasteiger partial charge >= 0.3 is 6.18 Å². The molecule has 6 rings (SSSR count). The molecular formula is C32H31F3N6O4. The monoisotopic (exact) mass is 620 g/mol. The van der Waals surface area contributed by atoms with Crippen LogP contribution in [0.5, 0.6) is 5.75 Å². The Balaban J connectivity index is 1.11. The van der Waals surface area contributed by atoms with E-state index in [2.05, 4.69) is 32.7 Å². The van der Waals surface area contributed by atoms with Gasteiger partial charge in [0, 0.05) is 43.7 Å². The Kier molecular flexibility index (Phi) is 8.28. The van der Waals surface area contributed by atoms with Gasteiger partial charge in [0.15, 0.2) is 0 Å². The smallest absolute Gasteiger partial charge is 0.433 e. The van der Waals surface area contributed by atoms with E-state index in [1.165, 1.54) is 13.2 Å². The maximum Gasteiger partial charge on any atom is 0.433 e. The van der Waals surface area contributed by atoms with Crippen molar-refractivity contribution in [3.63, 3.8) is 0 Å². The number of pyridine rings is 1. The average Bonchev–Trinajstić information content (AvgIpc) is 3.43. The second-order valence-electron chi connectivity index (χ2n) is 11.3. The number of halogens is 3. The third-order valence-electron chi connectivity index (χ3n) is 8.29. The first-order chi connectivity index (χ1) is 21.6. The number of hydrogen-bond donors (Lipinski definition) is 2. The van der Waals surface area contributed by atoms with Gasteiger partial charge < -0.3 is 10.1 Å². The Morgan fingerprint density at radius 1 is 1.07 bits per heavy atom. The number of ether oxygens (including phenoxy) is 1. The number of hydrogen-bond acceptors (Lipinski definition) is 7. The van der Waals surface area contributed by atoms with Gasteiger partial charge in [-0.25, -0.2) is 4.98 Å². The summed E-state index contributed by atoms with van der Waals surface area (Å²) in [5.74, 6) is -1.25. The standard InChI is InChI=1S/C32H31F3N6O4/c1-45-27-16-25-21(15-26(27)37-31(44)24-6-3-7-28(36-24)32(33,34)35)18-41(39-25)22-10-12-40(13-11-22)17-19-4-2-5-20(14-19)23-8-9-29(42)38-30(23)43/h2-7,14-16,18,22-23H,8-13,17H2,1H3,(H,37,44)(H,38,42,43). The largest absolute Gasteiger partial charge is 0.494 e. The molecule has 10 nitrogen and oxygen atoms in total. The van der Waals surface area contributed by atoms with Gasteiger partial charge in [-0.05, 0) is 48.6 Å². The second kappa shape index (κ2) is 12.3. The van der Waals surface area contributed by atoms with Crippen LogP contribution in [0.2, 0.25) is 0 Å². The number of nitrogens with zero attached hydrogens (tertiary/aromatic N) is 4. The van der Waals surface area contributed by atoms with Gasteiger partial charge in [-0.3, -0.25) is 29.3 Å². The molecule has 45 heavy (non-hydrogen) atoms. The number of amides is 3. The molecule has 4 aromatic rings. The predicted molar refractivity (Wildman–Crippen MR) is 159 cm³/mol. The van der Waals surface area contributed by atoms with Crippen molar-refractivity contribution in [1.82, 2.24) is 25.0 Å². The fourth-order valence-electron chi connectivity index (χ4n) is 5.95. The highest BCUT2D eigenvalue weighted by molar-refractivity contribution is 6.05. The van der Waals surface area contributed by atoms with Gasteiger partial charge in [0.1, 0.15) is 17.1 Å². The van der Waals surface area contributed by atoms with Crippen molar-refractivity contribution in [3.8, 4) is 5.75 Å². The van der Waals surface area contributed by atoms with Crippen molar-refractivity contribution in [3.05, 3.63) is 83.3 Å². The normalized spacial score (nSPS) is 18.2. The minimum absolute atomic E-state index is 0.154. The number of imide groups is 1. The molecule has 4 heterocycles. The molecule has 13 heteroatoms. The number of anilines is 1. The molecule has 0 bridgehead atoms. The first-order valence-corrected chi connectivity index (χ1v) is 14.6. The zero-order valence-electron chi connectivity index (χ0n) is 24.4. The van der Waals surface area contributed by atoms with Crippen LogP contribution in [0.15, 0.2) is 60.8 Å². The van der Waals surface area contributed by atoms with Gasteiger partial charge in [-0.1, -0.05) is 30.3 Å². The van der Waals surface area contributed by atoms with E-state index >= 15 is 0 Å². The fourth-order valence-corrected chi connectivity index (χ4v) is 5.95. The van der Waals surface area contributed by atoms with Crippen LogP contribution >= 0.6 is 0 Å². The number of benzene rings is 2. The summed E-state index contributed by atoms with van der Waals surface area (Å²) in [5.41, 5.74) is 1.48. The minimum atomic E-state index is -4.67. The highest BCUT2D eigenvalue weighted by atomic mass is 19.4. The van der Waals surface area contributed by atoms with E-state index in [4.69, 9.17) is 9.84 Å². The number of nitrogens with one attached hydrogen (secondary N) is 2. The summed E-state index contributed by atoms with van der Waals surface area (Å²) in [7, 11) is 1.44. The molecule has 2 aliphatic rings. The molecule has 2 N–H and O–H groups in total. The van der Waals surface area contributed by atoms with Crippen LogP contribution in [0.4, 0.5) is 18.9 Å². The van der Waals surface area contributed by atoms with Gasteiger partial charge in [0.2, 0.25) is 11.8 Å². The maximum atomic E-state index is 13.1. The molecule has 0 radical (unpaired) electrons. The fraction of sp³-hybridized carbons (Fsp3) is 0.344. The van der Waals surface area contributed by atoms with Gasteiger partial charge in [-0.2, -0.15) is 18.3 Å². The first-order valence-electron chi connectivity index (χ1n) is 14.6. The van der Waals surface area contributed by atoms with E-state index < -0.39 is 17.8 Å². The molecule has 3 amide bonds. The number of likely N-dealkylation sites (tertiary alicyclic amines) is 1. The lowest BCUT2D eigenvalue weighted by molar-refractivity contribution is -0.141. The number of methoxy groups -OCH3 is 1. The summed E-state index contributed by atoms with van der Waals surface area (Å²) in [4.78, 5) is 42.5. The number of aromatic nitrogens is 3. The number of carbonyl (C=O) groups is 3. The quantitative estimate of drug-likeness (QED) is 0.277. The molecular weight excluding hydrogens is 589 g/mol. The van der Waals surface area contributed by atoms with E-state index in [9.17, 15) is 27.6 Å². The number of fused-ring (bicyclic) bond motifs is 1. The van der Waals surface area contributed by atoms with Crippen molar-refractivity contribution < 1.29 is 32.3 Å². The van der Waals surface area contributed by atoms with Crippen molar-refractivity contribution in [2.24, 2.45) is 0 Å². The van der Waals surface area contributed by atoms with Crippen LogP contribution in [0.1, 0.15) is 65.0 Å². The van der Waals surface area contributed by atoms with E-state index in [1.807, 2.05) is 23.0 Å². The molecule has 1 atom stereocenters. The Labute approximate surface area is 256 Å². The molecule has 1 unspecified atom stereocenters. The summed E-state index contributed by atoms with van der Waals surface area (Å²) in [5, 5.41) is 10.6. The average molecular weight is 621 g/mol. The van der Waals surface area contributed by atoms with Crippen LogP contribution < -0.4 is 15.4 Å². The lowest BCUT2D eigenvalue weighted by Crippen LogP contribution is -2.39. The number of alkyl halides is 3. The molecule has 0 saturated carbocycles. The Morgan fingerprint density at radius 2 is 1.84 bits per heavy atom. The summed E-state index contributed by atoms with van der Waals surface area (Å²) < 4.78 is 46.6. The number of carbonyl (C=O) groups excluding carboxylic acids is 3. The van der Waals surface area contributed by atoms with Gasteiger partial charge in [0.05, 0.1) is 30.3 Å². The summed E-state index contributed by atoms with van der Waals surface area (Å²) in [6.45, 7) is 2.44. The third kappa shape index (κ3) is 6.68. The zero-order chi connectivity index (χ0) is 31.7. The second-order valence-corrected chi connectivity index (χ2v) is 11.3. The molecule has 0 spiro atoms. The maximum absolute atomic E-state index is 13.1. The van der Waals surface area contributed by atoms with E-state index in [-0.39, 0.29) is 29.5 Å². The van der Waals surface area contributed by atoms with Gasteiger partial charge in [0.25, 0.3) is 5.91 Å². The molecule has 2 aliphatic heterocycles. The molecule has 2 fully saturated rings. The zero-order valence-corrected chi connectivity index (χ0v) is 24.4. The van der Waals surface area contributed by atoms with Crippen molar-refractivity contribution in [2.75, 3.05) is 25.5 Å². The van der Waals surface area contributed by atoms with Crippen molar-refractivity contribution in [1.29, 1.82) is 0 Å². The Hall–Kier alpha value is -4.78. The summed E-state index contributed by atoms with van der Waals surface area (Å²) in [6, 6.07) is 14.7. The lowest BCUT2D eigenvalue weighted by atomic mass is 9.89. The molecule has 234 valence electrons.